The molecule has 1 aromatic heterocycles. The number of rotatable bonds is 5. The summed E-state index contributed by atoms with van der Waals surface area (Å²) in [7, 11) is 0. The van der Waals surface area contributed by atoms with Crippen molar-refractivity contribution in [1.82, 2.24) is 10.3 Å². The maximum atomic E-state index is 12.0. The minimum Gasteiger partial charge on any atom is -0.394 e. The highest BCUT2D eigenvalue weighted by Crippen LogP contribution is 2.19. The highest BCUT2D eigenvalue weighted by Gasteiger charge is 2.15. The summed E-state index contributed by atoms with van der Waals surface area (Å²) in [5.74, 6) is -0.288. The van der Waals surface area contributed by atoms with E-state index in [1.807, 2.05) is 13.8 Å². The summed E-state index contributed by atoms with van der Waals surface area (Å²) in [6.45, 7) is 5.54. The van der Waals surface area contributed by atoms with Crippen molar-refractivity contribution >= 4 is 29.3 Å². The minimum absolute atomic E-state index is 0.111. The Labute approximate surface area is 127 Å². The first kappa shape index (κ1) is 19.1. The molecule has 0 aromatic carbocycles. The number of hydrogen-bond donors (Lipinski definition) is 3. The van der Waals surface area contributed by atoms with Crippen molar-refractivity contribution in [3.63, 3.8) is 0 Å². The minimum atomic E-state index is -0.305. The fraction of sp³-hybridized carbons (Fsp3) is 0.462. The van der Waals surface area contributed by atoms with E-state index in [1.165, 1.54) is 6.20 Å². The van der Waals surface area contributed by atoms with Crippen LogP contribution in [0.5, 0.6) is 0 Å². The summed E-state index contributed by atoms with van der Waals surface area (Å²) >= 11 is 5.82. The van der Waals surface area contributed by atoms with Crippen LogP contribution in [0.2, 0.25) is 5.15 Å². The predicted molar refractivity (Wildman–Crippen MR) is 77.0 cm³/mol. The zero-order valence-electron chi connectivity index (χ0n) is 12.0. The lowest BCUT2D eigenvalue weighted by Gasteiger charge is -2.16. The van der Waals surface area contributed by atoms with Crippen LogP contribution in [0.3, 0.4) is 0 Å². The van der Waals surface area contributed by atoms with E-state index in [2.05, 4.69) is 15.6 Å². The molecule has 3 N–H and O–H groups in total. The lowest BCUT2D eigenvalue weighted by Crippen LogP contribution is -2.35. The number of carbonyl (C=O) groups is 1. The summed E-state index contributed by atoms with van der Waals surface area (Å²) < 4.78 is 0. The molecule has 0 bridgehead atoms. The molecular formula is C13H18ClN3O4. The van der Waals surface area contributed by atoms with Crippen LogP contribution in [0.15, 0.2) is 12.3 Å². The molecule has 0 spiro atoms. The second kappa shape index (κ2) is 9.88. The first-order valence-electron chi connectivity index (χ1n) is 6.18. The molecule has 1 atom stereocenters. The predicted octanol–water partition coefficient (Wildman–Crippen LogP) is 1.08. The number of nitrogens with zero attached hydrogens (tertiary/aromatic N) is 1. The van der Waals surface area contributed by atoms with Gasteiger partial charge >= 0.3 is 6.15 Å². The van der Waals surface area contributed by atoms with Crippen LogP contribution >= 0.6 is 11.6 Å². The normalized spacial score (nSPS) is 11.0. The summed E-state index contributed by atoms with van der Waals surface area (Å²) in [5, 5.41) is 15.1. The molecule has 0 saturated heterocycles. The van der Waals surface area contributed by atoms with Gasteiger partial charge in [0.15, 0.2) is 0 Å². The zero-order valence-corrected chi connectivity index (χ0v) is 12.8. The van der Waals surface area contributed by atoms with Gasteiger partial charge in [-0.3, -0.25) is 4.79 Å². The van der Waals surface area contributed by atoms with E-state index < -0.39 is 0 Å². The number of aliphatic hydroxyl groups excluding tert-OH is 1. The maximum absolute atomic E-state index is 12.0. The number of carbonyl (C=O) groups excluding carboxylic acids is 3. The molecule has 0 fully saturated rings. The van der Waals surface area contributed by atoms with Crippen LogP contribution in [0.25, 0.3) is 0 Å². The van der Waals surface area contributed by atoms with Gasteiger partial charge < -0.3 is 15.7 Å². The van der Waals surface area contributed by atoms with E-state index in [4.69, 9.17) is 26.3 Å². The van der Waals surface area contributed by atoms with Crippen molar-refractivity contribution in [2.75, 3.05) is 11.9 Å². The monoisotopic (exact) mass is 315 g/mol. The molecule has 116 valence electrons. The van der Waals surface area contributed by atoms with Gasteiger partial charge in [0.1, 0.15) is 5.15 Å². The molecular weight excluding hydrogens is 298 g/mol. The van der Waals surface area contributed by atoms with Gasteiger partial charge in [-0.25, -0.2) is 4.98 Å². The molecule has 21 heavy (non-hydrogen) atoms. The summed E-state index contributed by atoms with van der Waals surface area (Å²) in [4.78, 5) is 32.1. The van der Waals surface area contributed by atoms with Gasteiger partial charge in [-0.05, 0) is 26.8 Å². The maximum Gasteiger partial charge on any atom is 0.373 e. The Balaban J connectivity index is 0.00000122. The standard InChI is InChI=1S/C12H18ClN3O2.CO2/c1-7(2)15-10-4-11(13)14-5-9(10)12(18)16-8(3)6-17;2-1-3/h4-5,7-8,17H,6H2,1-3H3,(H,14,15)(H,16,18);. The average molecular weight is 316 g/mol. The Bertz CT molecular complexity index is 502. The van der Waals surface area contributed by atoms with Gasteiger partial charge in [-0.2, -0.15) is 9.59 Å². The van der Waals surface area contributed by atoms with E-state index in [-0.39, 0.29) is 30.7 Å². The molecule has 0 aliphatic rings. The number of aromatic nitrogens is 1. The van der Waals surface area contributed by atoms with Gasteiger partial charge in [0.2, 0.25) is 0 Å². The average Bonchev–Trinajstić information content (AvgIpc) is 2.38. The second-order valence-corrected chi connectivity index (χ2v) is 4.88. The third-order valence-corrected chi connectivity index (χ3v) is 2.42. The molecule has 0 saturated carbocycles. The van der Waals surface area contributed by atoms with Crippen LogP contribution < -0.4 is 10.6 Å². The van der Waals surface area contributed by atoms with Crippen molar-refractivity contribution < 1.29 is 19.5 Å². The molecule has 7 nitrogen and oxygen atoms in total. The van der Waals surface area contributed by atoms with Crippen LogP contribution in [-0.4, -0.2) is 40.8 Å². The highest BCUT2D eigenvalue weighted by molar-refractivity contribution is 6.29. The van der Waals surface area contributed by atoms with Crippen LogP contribution in [0.4, 0.5) is 5.69 Å². The van der Waals surface area contributed by atoms with Crippen molar-refractivity contribution in [2.24, 2.45) is 0 Å². The number of aliphatic hydroxyl groups is 1. The van der Waals surface area contributed by atoms with Crippen LogP contribution in [-0.2, 0) is 9.59 Å². The molecule has 8 heteroatoms. The van der Waals surface area contributed by atoms with Crippen LogP contribution in [0, 0.1) is 0 Å². The zero-order chi connectivity index (χ0) is 16.4. The third kappa shape index (κ3) is 7.41. The fourth-order valence-electron chi connectivity index (χ4n) is 1.39. The molecule has 1 amide bonds. The van der Waals surface area contributed by atoms with Crippen molar-refractivity contribution in [3.05, 3.63) is 23.0 Å². The van der Waals surface area contributed by atoms with Gasteiger partial charge in [-0.15, -0.1) is 0 Å². The Morgan fingerprint density at radius 3 is 2.48 bits per heavy atom. The summed E-state index contributed by atoms with van der Waals surface area (Å²) in [5.41, 5.74) is 1.04. The fourth-order valence-corrected chi connectivity index (χ4v) is 1.55. The Kier molecular flexibility index (Phi) is 8.96. The molecule has 0 aliphatic heterocycles. The lowest BCUT2D eigenvalue weighted by atomic mass is 10.2. The number of pyridine rings is 1. The number of anilines is 1. The van der Waals surface area contributed by atoms with E-state index in [9.17, 15) is 4.79 Å². The second-order valence-electron chi connectivity index (χ2n) is 4.49. The Morgan fingerprint density at radius 1 is 1.43 bits per heavy atom. The lowest BCUT2D eigenvalue weighted by molar-refractivity contribution is -0.191. The highest BCUT2D eigenvalue weighted by atomic mass is 35.5. The topological polar surface area (TPSA) is 108 Å². The van der Waals surface area contributed by atoms with Gasteiger partial charge in [-0.1, -0.05) is 11.6 Å². The molecule has 1 aromatic rings. The number of hydrogen-bond acceptors (Lipinski definition) is 6. The van der Waals surface area contributed by atoms with Crippen molar-refractivity contribution in [2.45, 2.75) is 32.9 Å². The smallest absolute Gasteiger partial charge is 0.373 e. The van der Waals surface area contributed by atoms with Crippen molar-refractivity contribution in [3.8, 4) is 0 Å². The van der Waals surface area contributed by atoms with Gasteiger partial charge in [0, 0.05) is 18.3 Å². The molecule has 0 aliphatic carbocycles. The van der Waals surface area contributed by atoms with E-state index in [0.29, 0.717) is 16.4 Å². The van der Waals surface area contributed by atoms with E-state index >= 15 is 0 Å². The Hall–Kier alpha value is -1.95. The quantitative estimate of drug-likeness (QED) is 0.702. The Morgan fingerprint density at radius 2 is 2.00 bits per heavy atom. The number of amides is 1. The third-order valence-electron chi connectivity index (χ3n) is 2.21. The van der Waals surface area contributed by atoms with Crippen LogP contribution in [0.1, 0.15) is 31.1 Å². The molecule has 0 radical (unpaired) electrons. The van der Waals surface area contributed by atoms with Gasteiger partial charge in [0.25, 0.3) is 5.91 Å². The first-order chi connectivity index (χ1) is 9.85. The van der Waals surface area contributed by atoms with Gasteiger partial charge in [0.05, 0.1) is 17.9 Å². The summed E-state index contributed by atoms with van der Waals surface area (Å²) in [6.07, 6.45) is 1.67. The van der Waals surface area contributed by atoms with E-state index in [1.54, 1.807) is 13.0 Å². The molecule has 1 rings (SSSR count). The number of nitrogens with one attached hydrogen (secondary N) is 2. The molecule has 1 unspecified atom stereocenters. The summed E-state index contributed by atoms with van der Waals surface area (Å²) in [6, 6.07) is 1.48. The van der Waals surface area contributed by atoms with E-state index in [0.717, 1.165) is 0 Å². The largest absolute Gasteiger partial charge is 0.394 e. The first-order valence-corrected chi connectivity index (χ1v) is 6.56. The SMILES string of the molecule is CC(C)Nc1cc(Cl)ncc1C(=O)NC(C)CO.O=C=O. The molecule has 1 heterocycles. The number of halogens is 1. The van der Waals surface area contributed by atoms with Crippen molar-refractivity contribution in [1.29, 1.82) is 0 Å².